The highest BCUT2D eigenvalue weighted by Gasteiger charge is 2.39. The summed E-state index contributed by atoms with van der Waals surface area (Å²) in [5.41, 5.74) is -3.06. The quantitative estimate of drug-likeness (QED) is 0.192. The summed E-state index contributed by atoms with van der Waals surface area (Å²) < 4.78 is 66.4. The summed E-state index contributed by atoms with van der Waals surface area (Å²) in [5, 5.41) is -0.860. The lowest BCUT2D eigenvalue weighted by Crippen LogP contribution is -2.51. The number of rotatable bonds is 10. The number of fused-ring (bicyclic) bond motifs is 3. The summed E-state index contributed by atoms with van der Waals surface area (Å²) in [6.07, 6.45) is 3.80. The van der Waals surface area contributed by atoms with E-state index in [4.69, 9.17) is 30.2 Å². The number of aromatic nitrogens is 3. The van der Waals surface area contributed by atoms with Crippen LogP contribution in [0.15, 0.2) is 44.7 Å². The number of hydrogen-bond donors (Lipinski definition) is 0. The third-order valence-electron chi connectivity index (χ3n) is 8.37. The molecule has 2 aliphatic heterocycles. The predicted octanol–water partition coefficient (Wildman–Crippen LogP) is 5.90. The predicted molar refractivity (Wildman–Crippen MR) is 159 cm³/mol. The number of aryl methyl sites for hydroxylation is 1. The largest absolute Gasteiger partial charge is 0.444 e. The fourth-order valence-corrected chi connectivity index (χ4v) is 7.46. The molecule has 1 aromatic carbocycles. The minimum Gasteiger partial charge on any atom is -0.444 e. The van der Waals surface area contributed by atoms with E-state index in [2.05, 4.69) is 4.98 Å². The number of halogens is 4. The van der Waals surface area contributed by atoms with Crippen LogP contribution in [0, 0.1) is 12.7 Å². The zero-order valence-corrected chi connectivity index (χ0v) is 26.0. The van der Waals surface area contributed by atoms with Crippen LogP contribution < -0.4 is 16.0 Å². The van der Waals surface area contributed by atoms with E-state index in [1.165, 1.54) is 30.9 Å². The summed E-state index contributed by atoms with van der Waals surface area (Å²) >= 11 is 6.94. The monoisotopic (exact) mass is 667 g/mol. The molecule has 0 radical (unpaired) electrons. The van der Waals surface area contributed by atoms with E-state index in [1.807, 2.05) is 0 Å². The second-order valence-corrected chi connectivity index (χ2v) is 13.0. The molecule has 2 saturated heterocycles. The molecule has 0 unspecified atom stereocenters. The van der Waals surface area contributed by atoms with Crippen molar-refractivity contribution in [2.45, 2.75) is 89.6 Å². The van der Waals surface area contributed by atoms with E-state index >= 15 is 0 Å². The van der Waals surface area contributed by atoms with Gasteiger partial charge in [-0.15, -0.1) is 11.3 Å². The third-order valence-corrected chi connectivity index (χ3v) is 10.1. The smallest absolute Gasteiger partial charge is 0.387 e. The van der Waals surface area contributed by atoms with Gasteiger partial charge in [-0.3, -0.25) is 14.2 Å². The van der Waals surface area contributed by atoms with Crippen molar-refractivity contribution in [1.82, 2.24) is 14.1 Å². The van der Waals surface area contributed by atoms with Gasteiger partial charge in [0.25, 0.3) is 5.56 Å². The fourth-order valence-electron chi connectivity index (χ4n) is 6.14. The summed E-state index contributed by atoms with van der Waals surface area (Å²) in [6.45, 7) is 0.754. The van der Waals surface area contributed by atoms with Gasteiger partial charge < -0.3 is 18.6 Å². The zero-order chi connectivity index (χ0) is 32.2. The van der Waals surface area contributed by atoms with Gasteiger partial charge in [0, 0.05) is 5.56 Å². The normalized spacial score (nSPS) is 20.7. The van der Waals surface area contributed by atoms with Gasteiger partial charge in [0.2, 0.25) is 11.1 Å². The Balaban J connectivity index is 1.57. The van der Waals surface area contributed by atoms with E-state index < -0.39 is 46.7 Å². The van der Waals surface area contributed by atoms with Crippen molar-refractivity contribution in [3.05, 3.63) is 68.4 Å². The summed E-state index contributed by atoms with van der Waals surface area (Å²) in [7, 11) is 0. The van der Waals surface area contributed by atoms with Crippen molar-refractivity contribution < 1.29 is 36.6 Å². The van der Waals surface area contributed by atoms with E-state index in [0.717, 1.165) is 46.9 Å². The minimum absolute atomic E-state index is 0.0474. The van der Waals surface area contributed by atoms with E-state index in [9.17, 15) is 27.6 Å². The molecule has 0 amide bonds. The Morgan fingerprint density at radius 3 is 2.56 bits per heavy atom. The summed E-state index contributed by atoms with van der Waals surface area (Å²) in [4.78, 5) is 45.5. The Kier molecular flexibility index (Phi) is 8.44. The van der Waals surface area contributed by atoms with E-state index in [1.54, 1.807) is 6.92 Å². The number of ether oxygens (including phenoxy) is 3. The van der Waals surface area contributed by atoms with Crippen LogP contribution in [0.2, 0.25) is 0 Å². The average Bonchev–Trinajstić information content (AvgIpc) is 3.70. The van der Waals surface area contributed by atoms with Gasteiger partial charge in [-0.25, -0.2) is 18.7 Å². The van der Waals surface area contributed by atoms with Crippen molar-refractivity contribution in [3.63, 3.8) is 0 Å². The first kappa shape index (κ1) is 31.5. The lowest BCUT2D eigenvalue weighted by molar-refractivity contribution is -0.118. The molecule has 0 aliphatic carbocycles. The van der Waals surface area contributed by atoms with Crippen LogP contribution in [-0.4, -0.2) is 44.3 Å². The van der Waals surface area contributed by atoms with Gasteiger partial charge >= 0.3 is 12.3 Å². The Labute approximate surface area is 263 Å². The van der Waals surface area contributed by atoms with Crippen LogP contribution in [0.4, 0.5) is 13.2 Å². The molecule has 6 rings (SSSR count). The lowest BCUT2D eigenvalue weighted by Gasteiger charge is -2.33. The molecule has 3 atom stereocenters. The van der Waals surface area contributed by atoms with Gasteiger partial charge in [0.1, 0.15) is 34.3 Å². The van der Waals surface area contributed by atoms with Gasteiger partial charge in [0.05, 0.1) is 41.3 Å². The number of benzene rings is 1. The van der Waals surface area contributed by atoms with Crippen LogP contribution in [-0.2, 0) is 26.4 Å². The lowest BCUT2D eigenvalue weighted by atomic mass is 10.0. The Hall–Kier alpha value is -3.46. The first-order chi connectivity index (χ1) is 21.3. The highest BCUT2D eigenvalue weighted by Crippen LogP contribution is 2.40. The second-order valence-electron chi connectivity index (χ2n) is 11.7. The highest BCUT2D eigenvalue weighted by atomic mass is 35.5. The Morgan fingerprint density at radius 2 is 1.93 bits per heavy atom. The molecule has 240 valence electrons. The van der Waals surface area contributed by atoms with Crippen molar-refractivity contribution in [3.8, 4) is 16.5 Å². The van der Waals surface area contributed by atoms with Crippen LogP contribution in [0.1, 0.15) is 56.8 Å². The standard InChI is InChI=1S/C30H29ClF3N3O7S/c1-14-22-25(38)37(30(2,3)27(31)39)29(40)36(26(22)45-23(14)24-35-8-9-41-24)13-21(43-18-11-16-5-6-17(12-18)42-16)19-10-15(32)4-7-20(19)44-28(33)34/h4,7-10,16-18,21,28H,5-6,11-13H2,1-3H3/t16-,17-,21+/m1/s1. The maximum atomic E-state index is 14.7. The molecule has 45 heavy (non-hydrogen) atoms. The molecular weight excluding hydrogens is 639 g/mol. The van der Waals surface area contributed by atoms with Gasteiger partial charge in [-0.2, -0.15) is 8.78 Å². The number of nitrogens with zero attached hydrogens (tertiary/aromatic N) is 3. The number of thiophene rings is 1. The number of alkyl halides is 2. The molecule has 0 saturated carbocycles. The first-order valence-electron chi connectivity index (χ1n) is 14.3. The molecule has 2 aliphatic rings. The first-order valence-corrected chi connectivity index (χ1v) is 15.5. The number of hydrogen-bond acceptors (Lipinski definition) is 9. The fraction of sp³-hybridized carbons (Fsp3) is 0.467. The Bertz CT molecular complexity index is 1860. The van der Waals surface area contributed by atoms with Crippen molar-refractivity contribution >= 4 is 38.4 Å². The van der Waals surface area contributed by atoms with E-state index in [-0.39, 0.29) is 46.2 Å². The average molecular weight is 668 g/mol. The molecule has 2 fully saturated rings. The second kappa shape index (κ2) is 12.0. The minimum atomic E-state index is -3.22. The van der Waals surface area contributed by atoms with Gasteiger partial charge in [-0.1, -0.05) is 0 Å². The van der Waals surface area contributed by atoms with Gasteiger partial charge in [-0.05, 0) is 81.8 Å². The van der Waals surface area contributed by atoms with Crippen molar-refractivity contribution in [2.75, 3.05) is 0 Å². The molecule has 3 aromatic heterocycles. The topological polar surface area (TPSA) is 115 Å². The molecule has 10 nitrogen and oxygen atoms in total. The number of carbonyl (C=O) groups excluding carboxylic acids is 1. The number of carbonyl (C=O) groups is 1. The molecule has 15 heteroatoms. The van der Waals surface area contributed by atoms with Gasteiger partial charge in [0.15, 0.2) is 0 Å². The maximum absolute atomic E-state index is 14.7. The van der Waals surface area contributed by atoms with Crippen LogP contribution in [0.5, 0.6) is 5.75 Å². The summed E-state index contributed by atoms with van der Waals surface area (Å²) in [6, 6.07) is 3.08. The van der Waals surface area contributed by atoms with Crippen molar-refractivity contribution in [1.29, 1.82) is 0 Å². The van der Waals surface area contributed by atoms with E-state index in [0.29, 0.717) is 23.3 Å². The molecule has 0 N–H and O–H groups in total. The number of oxazole rings is 1. The van der Waals surface area contributed by atoms with Crippen LogP contribution in [0.3, 0.4) is 0 Å². The summed E-state index contributed by atoms with van der Waals surface area (Å²) in [5.74, 6) is -0.862. The maximum Gasteiger partial charge on any atom is 0.387 e. The molecule has 4 aromatic rings. The molecule has 0 spiro atoms. The zero-order valence-electron chi connectivity index (χ0n) is 24.4. The SMILES string of the molecule is Cc1c(-c2ncco2)sc2c1c(=O)n(C(C)(C)C(=O)Cl)c(=O)n2C[C@H](OC1C[C@H]2CC[C@H](C1)O2)c1cc(F)ccc1OC(F)F. The highest BCUT2D eigenvalue weighted by molar-refractivity contribution is 7.22. The molecule has 5 heterocycles. The molecular formula is C30H29ClF3N3O7S. The Morgan fingerprint density at radius 1 is 1.22 bits per heavy atom. The third kappa shape index (κ3) is 5.84. The van der Waals surface area contributed by atoms with Crippen LogP contribution >= 0.6 is 22.9 Å². The van der Waals surface area contributed by atoms with Crippen LogP contribution in [0.25, 0.3) is 21.0 Å². The van der Waals surface area contributed by atoms with Crippen molar-refractivity contribution in [2.24, 2.45) is 0 Å². The molecule has 2 bridgehead atoms.